The summed E-state index contributed by atoms with van der Waals surface area (Å²) in [6, 6.07) is 0. The Morgan fingerprint density at radius 3 is 2.18 bits per heavy atom. The molecule has 0 amide bonds. The molecule has 0 bridgehead atoms. The molecule has 0 heterocycles. The van der Waals surface area contributed by atoms with E-state index in [-0.39, 0.29) is 0 Å². The van der Waals surface area contributed by atoms with E-state index >= 15 is 0 Å². The number of alkyl halides is 1. The predicted octanol–water partition coefficient (Wildman–Crippen LogP) is 4.70. The van der Waals surface area contributed by atoms with Crippen molar-refractivity contribution in [2.75, 3.05) is 0 Å². The third-order valence-corrected chi connectivity index (χ3v) is 3.62. The molecule has 17 heavy (non-hydrogen) atoms. The second-order valence-electron chi connectivity index (χ2n) is 5.82. The van der Waals surface area contributed by atoms with Gasteiger partial charge in [-0.25, -0.2) is 0 Å². The number of carboxylic acid groups (broad SMARTS) is 1. The highest BCUT2D eigenvalue weighted by atomic mass is 35.5. The molecule has 0 aromatic carbocycles. The van der Waals surface area contributed by atoms with Gasteiger partial charge in [-0.1, -0.05) is 52.9 Å². The van der Waals surface area contributed by atoms with Gasteiger partial charge in [0, 0.05) is 0 Å². The molecular weight excluding hydrogens is 236 g/mol. The van der Waals surface area contributed by atoms with Crippen molar-refractivity contribution in [1.29, 1.82) is 0 Å². The topological polar surface area (TPSA) is 37.3 Å². The lowest BCUT2D eigenvalue weighted by atomic mass is 9.93. The minimum absolute atomic E-state index is 0.554. The Morgan fingerprint density at radius 2 is 1.71 bits per heavy atom. The molecule has 0 fully saturated rings. The Labute approximate surface area is 111 Å². The first kappa shape index (κ1) is 16.8. The van der Waals surface area contributed by atoms with Crippen LogP contribution in [0.4, 0.5) is 0 Å². The molecule has 2 atom stereocenters. The summed E-state index contributed by atoms with van der Waals surface area (Å²) in [6.07, 6.45) is 6.33. The molecule has 2 nitrogen and oxygen atoms in total. The number of carboxylic acids is 1. The van der Waals surface area contributed by atoms with Crippen molar-refractivity contribution in [3.05, 3.63) is 0 Å². The molecule has 0 spiro atoms. The van der Waals surface area contributed by atoms with E-state index in [1.807, 2.05) is 0 Å². The first-order valence-electron chi connectivity index (χ1n) is 6.68. The summed E-state index contributed by atoms with van der Waals surface area (Å²) >= 11 is 5.90. The lowest BCUT2D eigenvalue weighted by Gasteiger charge is -2.18. The summed E-state index contributed by atoms with van der Waals surface area (Å²) in [5.41, 5.74) is 0. The zero-order chi connectivity index (χ0) is 13.5. The van der Waals surface area contributed by atoms with Gasteiger partial charge in [0.2, 0.25) is 0 Å². The van der Waals surface area contributed by atoms with Crippen molar-refractivity contribution in [2.24, 2.45) is 11.8 Å². The highest BCUT2D eigenvalue weighted by molar-refractivity contribution is 6.33. The molecule has 0 aromatic rings. The Balaban J connectivity index is 3.64. The number of hydrogen-bond acceptors (Lipinski definition) is 1. The second-order valence-corrected chi connectivity index (χ2v) is 6.66. The maximum absolute atomic E-state index is 10.8. The van der Waals surface area contributed by atoms with Gasteiger partial charge in [0.25, 0.3) is 0 Å². The van der Waals surface area contributed by atoms with Crippen LogP contribution in [0, 0.1) is 11.8 Å². The van der Waals surface area contributed by atoms with E-state index in [1.165, 1.54) is 19.3 Å². The summed E-state index contributed by atoms with van der Waals surface area (Å²) in [4.78, 5) is 9.73. The fourth-order valence-electron chi connectivity index (χ4n) is 1.91. The molecule has 1 N–H and O–H groups in total. The Bertz CT molecular complexity index is 224. The van der Waals surface area contributed by atoms with Crippen molar-refractivity contribution in [1.82, 2.24) is 0 Å². The maximum Gasteiger partial charge on any atom is 0.324 e. The highest BCUT2D eigenvalue weighted by Gasteiger charge is 2.29. The zero-order valence-electron chi connectivity index (χ0n) is 11.6. The van der Waals surface area contributed by atoms with Crippen LogP contribution in [-0.4, -0.2) is 16.0 Å². The fraction of sp³-hybridized carbons (Fsp3) is 0.929. The van der Waals surface area contributed by atoms with E-state index in [1.54, 1.807) is 6.92 Å². The van der Waals surface area contributed by atoms with Gasteiger partial charge in [0.15, 0.2) is 0 Å². The van der Waals surface area contributed by atoms with Crippen LogP contribution in [0.3, 0.4) is 0 Å². The lowest BCUT2D eigenvalue weighted by molar-refractivity contribution is -0.139. The first-order valence-corrected chi connectivity index (χ1v) is 7.06. The van der Waals surface area contributed by atoms with E-state index in [4.69, 9.17) is 16.7 Å². The lowest BCUT2D eigenvalue weighted by Crippen LogP contribution is -2.28. The van der Waals surface area contributed by atoms with Gasteiger partial charge in [-0.15, -0.1) is 11.6 Å². The molecule has 3 heteroatoms. The van der Waals surface area contributed by atoms with Crippen LogP contribution in [0.5, 0.6) is 0 Å². The smallest absolute Gasteiger partial charge is 0.324 e. The van der Waals surface area contributed by atoms with E-state index < -0.39 is 10.8 Å². The molecule has 0 aliphatic rings. The molecule has 0 aliphatic carbocycles. The number of carbonyl (C=O) groups is 1. The molecule has 102 valence electrons. The van der Waals surface area contributed by atoms with Crippen LogP contribution in [0.2, 0.25) is 0 Å². The number of halogens is 1. The summed E-state index contributed by atoms with van der Waals surface area (Å²) in [6.45, 7) is 8.32. The molecule has 2 unspecified atom stereocenters. The quantitative estimate of drug-likeness (QED) is 0.612. The Morgan fingerprint density at radius 1 is 1.18 bits per heavy atom. The van der Waals surface area contributed by atoms with Crippen LogP contribution >= 0.6 is 11.6 Å². The molecule has 0 saturated heterocycles. The molecular formula is C14H27ClO2. The minimum atomic E-state index is -1.09. The van der Waals surface area contributed by atoms with E-state index in [9.17, 15) is 4.79 Å². The van der Waals surface area contributed by atoms with Gasteiger partial charge < -0.3 is 5.11 Å². The third kappa shape index (κ3) is 8.48. The van der Waals surface area contributed by atoms with Gasteiger partial charge in [0.1, 0.15) is 4.87 Å². The van der Waals surface area contributed by atoms with Crippen molar-refractivity contribution in [3.63, 3.8) is 0 Å². The first-order chi connectivity index (χ1) is 7.75. The van der Waals surface area contributed by atoms with Crippen molar-refractivity contribution in [2.45, 2.75) is 71.1 Å². The number of hydrogen-bond donors (Lipinski definition) is 1. The third-order valence-electron chi connectivity index (χ3n) is 3.27. The minimum Gasteiger partial charge on any atom is -0.480 e. The highest BCUT2D eigenvalue weighted by Crippen LogP contribution is 2.25. The van der Waals surface area contributed by atoms with Crippen LogP contribution in [0.1, 0.15) is 66.2 Å². The summed E-state index contributed by atoms with van der Waals surface area (Å²) < 4.78 is 0. The van der Waals surface area contributed by atoms with Gasteiger partial charge >= 0.3 is 5.97 Å². The molecule has 0 radical (unpaired) electrons. The van der Waals surface area contributed by atoms with Crippen molar-refractivity contribution >= 4 is 17.6 Å². The zero-order valence-corrected chi connectivity index (χ0v) is 12.4. The molecule has 0 aliphatic heterocycles. The van der Waals surface area contributed by atoms with Crippen LogP contribution in [-0.2, 0) is 4.79 Å². The predicted molar refractivity (Wildman–Crippen MR) is 73.6 cm³/mol. The fourth-order valence-corrected chi connectivity index (χ4v) is 2.04. The normalized spacial score (nSPS) is 16.8. The standard InChI is InChI=1S/C14H27ClO2/c1-11(2)7-5-8-12(3)9-6-10-14(4,15)13(16)17/h11-12H,5-10H2,1-4H3,(H,16,17). The number of rotatable bonds is 9. The monoisotopic (exact) mass is 262 g/mol. The van der Waals surface area contributed by atoms with E-state index in [0.29, 0.717) is 12.3 Å². The van der Waals surface area contributed by atoms with Crippen LogP contribution in [0.15, 0.2) is 0 Å². The summed E-state index contributed by atoms with van der Waals surface area (Å²) in [5, 5.41) is 8.88. The Kier molecular flexibility index (Phi) is 7.85. The summed E-state index contributed by atoms with van der Waals surface area (Å²) in [5.74, 6) is 0.544. The Hall–Kier alpha value is -0.240. The van der Waals surface area contributed by atoms with Crippen molar-refractivity contribution in [3.8, 4) is 0 Å². The van der Waals surface area contributed by atoms with E-state index in [2.05, 4.69) is 20.8 Å². The maximum atomic E-state index is 10.8. The largest absolute Gasteiger partial charge is 0.480 e. The molecule has 0 saturated carbocycles. The van der Waals surface area contributed by atoms with Gasteiger partial charge in [0.05, 0.1) is 0 Å². The molecule has 0 aromatic heterocycles. The van der Waals surface area contributed by atoms with Gasteiger partial charge in [-0.05, 0) is 25.2 Å². The van der Waals surface area contributed by atoms with E-state index in [0.717, 1.165) is 18.8 Å². The van der Waals surface area contributed by atoms with Gasteiger partial charge in [-0.3, -0.25) is 4.79 Å². The SMILES string of the molecule is CC(C)CCCC(C)CCCC(C)(Cl)C(=O)O. The van der Waals surface area contributed by atoms with Crippen LogP contribution < -0.4 is 0 Å². The van der Waals surface area contributed by atoms with Gasteiger partial charge in [-0.2, -0.15) is 0 Å². The molecule has 0 rings (SSSR count). The second kappa shape index (κ2) is 7.97. The average molecular weight is 263 g/mol. The van der Waals surface area contributed by atoms with Crippen molar-refractivity contribution < 1.29 is 9.90 Å². The summed E-state index contributed by atoms with van der Waals surface area (Å²) in [7, 11) is 0. The number of aliphatic carboxylic acids is 1. The van der Waals surface area contributed by atoms with Crippen LogP contribution in [0.25, 0.3) is 0 Å². The average Bonchev–Trinajstić information content (AvgIpc) is 2.16.